The molecule has 11 heteroatoms. The van der Waals surface area contributed by atoms with Crippen molar-refractivity contribution in [3.05, 3.63) is 48.3 Å². The quantitative estimate of drug-likeness (QED) is 0.656. The summed E-state index contributed by atoms with van der Waals surface area (Å²) < 4.78 is 50.9. The number of hydrogen-bond donors (Lipinski definition) is 1. The molecule has 1 fully saturated rings. The lowest BCUT2D eigenvalue weighted by Gasteiger charge is -2.35. The second kappa shape index (κ2) is 7.73. The van der Waals surface area contributed by atoms with Gasteiger partial charge in [0.15, 0.2) is 0 Å². The van der Waals surface area contributed by atoms with Crippen LogP contribution in [0.4, 0.5) is 4.39 Å². The molecule has 152 valence electrons. The first-order chi connectivity index (χ1) is 13.9. The number of sulfonamides is 1. The van der Waals surface area contributed by atoms with Crippen molar-refractivity contribution in [2.45, 2.75) is 30.0 Å². The van der Waals surface area contributed by atoms with Crippen molar-refractivity contribution in [3.63, 3.8) is 0 Å². The number of nitrogens with zero attached hydrogens (tertiary/aromatic N) is 4. The van der Waals surface area contributed by atoms with Gasteiger partial charge in [0.2, 0.25) is 15.7 Å². The van der Waals surface area contributed by atoms with Gasteiger partial charge in [-0.2, -0.15) is 13.1 Å². The summed E-state index contributed by atoms with van der Waals surface area (Å²) in [5, 5.41) is 2.55. The lowest BCUT2D eigenvalue weighted by molar-refractivity contribution is -0.135. The molecule has 1 saturated heterocycles. The smallest absolute Gasteiger partial charge is 0.259 e. The topological polar surface area (TPSA) is 105 Å². The molecule has 3 heterocycles. The number of rotatable bonds is 5. The molecule has 0 aliphatic carbocycles. The van der Waals surface area contributed by atoms with E-state index in [-0.39, 0.29) is 36.3 Å². The number of fused-ring (bicyclic) bond motifs is 1. The molecule has 0 unspecified atom stereocenters. The number of aromatic nitrogens is 3. The van der Waals surface area contributed by atoms with E-state index in [1.807, 2.05) is 0 Å². The van der Waals surface area contributed by atoms with Crippen LogP contribution in [0.15, 0.2) is 47.6 Å². The predicted molar refractivity (Wildman–Crippen MR) is 105 cm³/mol. The average molecular weight is 436 g/mol. The molecule has 1 aliphatic heterocycles. The van der Waals surface area contributed by atoms with Crippen molar-refractivity contribution in [2.75, 3.05) is 13.1 Å². The summed E-state index contributed by atoms with van der Waals surface area (Å²) >= 11 is 0.913. The Morgan fingerprint density at radius 1 is 1.28 bits per heavy atom. The number of benzene rings is 1. The van der Waals surface area contributed by atoms with Gasteiger partial charge in [-0.05, 0) is 36.6 Å². The van der Waals surface area contributed by atoms with E-state index in [2.05, 4.69) is 19.0 Å². The van der Waals surface area contributed by atoms with Gasteiger partial charge in [0, 0.05) is 25.5 Å². The van der Waals surface area contributed by atoms with E-state index in [0.29, 0.717) is 5.52 Å². The zero-order valence-corrected chi connectivity index (χ0v) is 16.9. The largest absolute Gasteiger partial charge is 0.349 e. The molecule has 1 aromatic carbocycles. The van der Waals surface area contributed by atoms with E-state index in [9.17, 15) is 13.2 Å². The third kappa shape index (κ3) is 3.85. The zero-order valence-electron chi connectivity index (χ0n) is 15.3. The van der Waals surface area contributed by atoms with Gasteiger partial charge in [-0.3, -0.25) is 9.78 Å². The third-order valence-electron chi connectivity index (χ3n) is 4.86. The summed E-state index contributed by atoms with van der Waals surface area (Å²) in [7, 11) is -4.02. The van der Waals surface area contributed by atoms with E-state index in [1.54, 1.807) is 36.7 Å². The highest BCUT2D eigenvalue weighted by Gasteiger charge is 2.46. The molecule has 1 N–H and O–H groups in total. The van der Waals surface area contributed by atoms with Crippen molar-refractivity contribution in [1.29, 1.82) is 0 Å². The second-order valence-electron chi connectivity index (χ2n) is 6.84. The molecule has 3 aromatic rings. The third-order valence-corrected chi connectivity index (χ3v) is 7.28. The van der Waals surface area contributed by atoms with Crippen LogP contribution in [0.1, 0.15) is 18.4 Å². The fraction of sp³-hybridized carbons (Fsp3) is 0.333. The summed E-state index contributed by atoms with van der Waals surface area (Å²) in [5.41, 5.74) is -0.850. The fourth-order valence-electron chi connectivity index (χ4n) is 3.34. The molecule has 1 aliphatic rings. The van der Waals surface area contributed by atoms with Gasteiger partial charge in [-0.15, -0.1) is 0 Å². The molecule has 0 radical (unpaired) electrons. The van der Waals surface area contributed by atoms with Gasteiger partial charge >= 0.3 is 0 Å². The van der Waals surface area contributed by atoms with Crippen molar-refractivity contribution in [3.8, 4) is 0 Å². The van der Waals surface area contributed by atoms with Gasteiger partial charge in [-0.1, -0.05) is 12.1 Å². The summed E-state index contributed by atoms with van der Waals surface area (Å²) in [6.45, 7) is -0.283. The number of halogens is 1. The standard InChI is InChI=1S/C18H18FN5O3S2/c19-18(17(25)21-11-13-4-2-8-20-10-13)7-3-9-24(12-18)29(26,27)15-6-1-5-14-16(15)23-28-22-14/h1-2,4-6,8,10H,3,7,9,11-12H2,(H,21,25)/t18-/m0/s1. The lowest BCUT2D eigenvalue weighted by Crippen LogP contribution is -2.55. The van der Waals surface area contributed by atoms with Crippen LogP contribution in [0.25, 0.3) is 11.0 Å². The number of carbonyl (C=O) groups excluding carboxylic acids is 1. The van der Waals surface area contributed by atoms with Gasteiger partial charge in [-0.25, -0.2) is 12.8 Å². The van der Waals surface area contributed by atoms with E-state index in [4.69, 9.17) is 0 Å². The Balaban J connectivity index is 1.54. The van der Waals surface area contributed by atoms with Crippen LogP contribution in [-0.2, 0) is 21.4 Å². The molecule has 0 saturated carbocycles. The van der Waals surface area contributed by atoms with Crippen LogP contribution < -0.4 is 5.32 Å². The maximum absolute atomic E-state index is 15.5. The van der Waals surface area contributed by atoms with Gasteiger partial charge < -0.3 is 5.32 Å². The molecule has 1 atom stereocenters. The Bertz CT molecular complexity index is 1140. The molecule has 4 rings (SSSR count). The van der Waals surface area contributed by atoms with E-state index in [1.165, 1.54) is 6.07 Å². The number of pyridine rings is 1. The van der Waals surface area contributed by atoms with E-state index < -0.39 is 28.1 Å². The highest BCUT2D eigenvalue weighted by atomic mass is 32.2. The first-order valence-electron chi connectivity index (χ1n) is 8.98. The lowest BCUT2D eigenvalue weighted by atomic mass is 9.95. The number of piperidine rings is 1. The van der Waals surface area contributed by atoms with Crippen molar-refractivity contribution in [1.82, 2.24) is 23.4 Å². The number of hydrogen-bond acceptors (Lipinski definition) is 7. The molecule has 29 heavy (non-hydrogen) atoms. The Labute approximate surface area is 171 Å². The van der Waals surface area contributed by atoms with Crippen LogP contribution in [0.2, 0.25) is 0 Å². The molecule has 0 spiro atoms. The minimum atomic E-state index is -4.02. The highest BCUT2D eigenvalue weighted by Crippen LogP contribution is 2.31. The molecule has 0 bridgehead atoms. The number of nitrogens with one attached hydrogen (secondary N) is 1. The summed E-state index contributed by atoms with van der Waals surface area (Å²) in [5.74, 6) is -0.824. The molecule has 8 nitrogen and oxygen atoms in total. The minimum Gasteiger partial charge on any atom is -0.349 e. The van der Waals surface area contributed by atoms with Gasteiger partial charge in [0.25, 0.3) is 5.91 Å². The number of amides is 1. The number of alkyl halides is 1. The van der Waals surface area contributed by atoms with Crippen LogP contribution in [0.3, 0.4) is 0 Å². The van der Waals surface area contributed by atoms with Crippen LogP contribution >= 0.6 is 11.7 Å². The van der Waals surface area contributed by atoms with E-state index >= 15 is 4.39 Å². The van der Waals surface area contributed by atoms with Crippen molar-refractivity contribution < 1.29 is 17.6 Å². The Morgan fingerprint density at radius 3 is 2.93 bits per heavy atom. The summed E-state index contributed by atoms with van der Waals surface area (Å²) in [4.78, 5) is 16.4. The SMILES string of the molecule is O=C(NCc1cccnc1)[C@]1(F)CCCN(S(=O)(=O)c2cccc3nsnc23)C1. The van der Waals surface area contributed by atoms with Crippen LogP contribution in [-0.4, -0.2) is 51.1 Å². The van der Waals surface area contributed by atoms with Crippen molar-refractivity contribution in [2.24, 2.45) is 0 Å². The average Bonchev–Trinajstić information content (AvgIpc) is 3.21. The van der Waals surface area contributed by atoms with E-state index in [0.717, 1.165) is 21.6 Å². The molecular formula is C18H18FN5O3S2. The molecule has 2 aromatic heterocycles. The van der Waals surface area contributed by atoms with Crippen LogP contribution in [0, 0.1) is 0 Å². The van der Waals surface area contributed by atoms with Gasteiger partial charge in [0.05, 0.1) is 18.3 Å². The molecular weight excluding hydrogens is 417 g/mol. The highest BCUT2D eigenvalue weighted by molar-refractivity contribution is 7.89. The van der Waals surface area contributed by atoms with Crippen LogP contribution in [0.5, 0.6) is 0 Å². The maximum atomic E-state index is 15.5. The monoisotopic (exact) mass is 435 g/mol. The first kappa shape index (κ1) is 19.8. The maximum Gasteiger partial charge on any atom is 0.259 e. The fourth-order valence-corrected chi connectivity index (χ4v) is 5.61. The Hall–Kier alpha value is -2.50. The summed E-state index contributed by atoms with van der Waals surface area (Å²) in [6.07, 6.45) is 3.37. The zero-order chi connectivity index (χ0) is 20.5. The Morgan fingerprint density at radius 2 is 2.14 bits per heavy atom. The number of carbonyl (C=O) groups is 1. The first-order valence-corrected chi connectivity index (χ1v) is 11.1. The normalized spacial score (nSPS) is 20.6. The Kier molecular flexibility index (Phi) is 5.28. The summed E-state index contributed by atoms with van der Waals surface area (Å²) in [6, 6.07) is 8.15. The second-order valence-corrected chi connectivity index (χ2v) is 9.27. The van der Waals surface area contributed by atoms with Gasteiger partial charge in [0.1, 0.15) is 15.9 Å². The van der Waals surface area contributed by atoms with Crippen molar-refractivity contribution >= 4 is 38.7 Å². The predicted octanol–water partition coefficient (Wildman–Crippen LogP) is 1.90. The minimum absolute atomic E-state index is 0.0243. The molecule has 1 amide bonds.